The molecule has 0 radical (unpaired) electrons. The number of hydrogen-bond acceptors (Lipinski definition) is 3. The number of carboxylic acid groups (broad SMARTS) is 1. The molecule has 1 saturated heterocycles. The van der Waals surface area contributed by atoms with Crippen LogP contribution >= 0.6 is 0 Å². The number of benzene rings is 1. The van der Waals surface area contributed by atoms with Crippen molar-refractivity contribution in [3.05, 3.63) is 29.6 Å². The first kappa shape index (κ1) is 15.8. The van der Waals surface area contributed by atoms with Crippen LogP contribution < -0.4 is 4.74 Å². The molecule has 0 spiro atoms. The number of aliphatic carboxylic acids is 1. The van der Waals surface area contributed by atoms with Crippen LogP contribution in [0.3, 0.4) is 0 Å². The topological polar surface area (TPSA) is 49.8 Å². The third-order valence-electron chi connectivity index (χ3n) is 4.19. The summed E-state index contributed by atoms with van der Waals surface area (Å²) in [6.45, 7) is 7.28. The Labute approximate surface area is 124 Å². The van der Waals surface area contributed by atoms with Gasteiger partial charge in [-0.2, -0.15) is 0 Å². The lowest BCUT2D eigenvalue weighted by molar-refractivity contribution is -0.141. The van der Waals surface area contributed by atoms with Crippen molar-refractivity contribution in [2.45, 2.75) is 32.2 Å². The van der Waals surface area contributed by atoms with Gasteiger partial charge in [0.15, 0.2) is 11.6 Å². The van der Waals surface area contributed by atoms with Crippen LogP contribution in [-0.2, 0) is 4.79 Å². The molecular formula is C16H22FNO3. The molecule has 2 atom stereocenters. The predicted octanol–water partition coefficient (Wildman–Crippen LogP) is 2.73. The molecule has 1 aliphatic heterocycles. The van der Waals surface area contributed by atoms with Gasteiger partial charge in [0.2, 0.25) is 0 Å². The number of halogens is 1. The maximum Gasteiger partial charge on any atom is 0.308 e. The highest BCUT2D eigenvalue weighted by atomic mass is 19.1. The number of carbonyl (C=O) groups is 1. The number of rotatable bonds is 3. The van der Waals surface area contributed by atoms with Crippen LogP contribution in [0.1, 0.15) is 32.3 Å². The van der Waals surface area contributed by atoms with E-state index in [0.717, 1.165) is 0 Å². The Morgan fingerprint density at radius 2 is 2.05 bits per heavy atom. The molecule has 116 valence electrons. The number of nitrogens with zero attached hydrogens (tertiary/aromatic N) is 1. The average Bonchev–Trinajstić information content (AvgIpc) is 2.83. The van der Waals surface area contributed by atoms with Crippen molar-refractivity contribution in [3.63, 3.8) is 0 Å². The van der Waals surface area contributed by atoms with E-state index in [4.69, 9.17) is 4.74 Å². The number of ether oxygens (including phenoxy) is 1. The Bertz CT molecular complexity index is 539. The van der Waals surface area contributed by atoms with E-state index in [1.54, 1.807) is 12.1 Å². The smallest absolute Gasteiger partial charge is 0.308 e. The highest BCUT2D eigenvalue weighted by Crippen LogP contribution is 2.37. The number of hydrogen-bond donors (Lipinski definition) is 1. The van der Waals surface area contributed by atoms with E-state index in [9.17, 15) is 14.3 Å². The van der Waals surface area contributed by atoms with Gasteiger partial charge < -0.3 is 9.84 Å². The van der Waals surface area contributed by atoms with Crippen molar-refractivity contribution >= 4 is 5.97 Å². The summed E-state index contributed by atoms with van der Waals surface area (Å²) < 4.78 is 18.8. The number of likely N-dealkylation sites (tertiary alicyclic amines) is 1. The molecule has 5 heteroatoms. The molecule has 0 aliphatic carbocycles. The SMILES string of the molecule is COc1ccc([C@H]2CN(C(C)(C)C)C[C@@H]2C(=O)O)cc1F. The van der Waals surface area contributed by atoms with Crippen LogP contribution in [0.2, 0.25) is 0 Å². The van der Waals surface area contributed by atoms with Gasteiger partial charge in [0.25, 0.3) is 0 Å². The molecule has 0 aromatic heterocycles. The third-order valence-corrected chi connectivity index (χ3v) is 4.19. The van der Waals surface area contributed by atoms with Gasteiger partial charge in [-0.25, -0.2) is 4.39 Å². The Kier molecular flexibility index (Phi) is 4.23. The fraction of sp³-hybridized carbons (Fsp3) is 0.562. The van der Waals surface area contributed by atoms with Crippen molar-refractivity contribution in [1.82, 2.24) is 4.90 Å². The normalized spacial score (nSPS) is 23.3. The summed E-state index contributed by atoms with van der Waals surface area (Å²) in [6.07, 6.45) is 0. The van der Waals surface area contributed by atoms with Gasteiger partial charge in [-0.15, -0.1) is 0 Å². The highest BCUT2D eigenvalue weighted by molar-refractivity contribution is 5.72. The van der Waals surface area contributed by atoms with Crippen LogP contribution in [0, 0.1) is 11.7 Å². The first-order valence-corrected chi connectivity index (χ1v) is 7.05. The second-order valence-electron chi connectivity index (χ2n) is 6.52. The van der Waals surface area contributed by atoms with Crippen molar-refractivity contribution in [3.8, 4) is 5.75 Å². The quantitative estimate of drug-likeness (QED) is 0.931. The molecule has 0 amide bonds. The molecule has 1 aromatic carbocycles. The molecule has 2 rings (SSSR count). The van der Waals surface area contributed by atoms with E-state index in [1.807, 2.05) is 0 Å². The van der Waals surface area contributed by atoms with E-state index < -0.39 is 17.7 Å². The lowest BCUT2D eigenvalue weighted by atomic mass is 9.89. The maximum absolute atomic E-state index is 13.9. The Morgan fingerprint density at radius 3 is 2.52 bits per heavy atom. The van der Waals surface area contributed by atoms with E-state index in [1.165, 1.54) is 13.2 Å². The van der Waals surface area contributed by atoms with E-state index in [0.29, 0.717) is 18.7 Å². The molecule has 21 heavy (non-hydrogen) atoms. The molecule has 0 unspecified atom stereocenters. The number of methoxy groups -OCH3 is 1. The summed E-state index contributed by atoms with van der Waals surface area (Å²) >= 11 is 0. The van der Waals surface area contributed by atoms with Gasteiger partial charge in [-0.1, -0.05) is 6.07 Å². The lowest BCUT2D eigenvalue weighted by Crippen LogP contribution is -2.40. The van der Waals surface area contributed by atoms with Gasteiger partial charge in [0.1, 0.15) is 0 Å². The zero-order valence-electron chi connectivity index (χ0n) is 12.9. The average molecular weight is 295 g/mol. The largest absolute Gasteiger partial charge is 0.494 e. The summed E-state index contributed by atoms with van der Waals surface area (Å²) in [5.74, 6) is -1.83. The van der Waals surface area contributed by atoms with Crippen LogP contribution in [0.25, 0.3) is 0 Å². The Hall–Kier alpha value is -1.62. The number of carboxylic acids is 1. The fourth-order valence-electron chi connectivity index (χ4n) is 2.85. The molecule has 1 N–H and O–H groups in total. The maximum atomic E-state index is 13.9. The Morgan fingerprint density at radius 1 is 1.38 bits per heavy atom. The minimum atomic E-state index is -0.831. The Balaban J connectivity index is 2.32. The summed E-state index contributed by atoms with van der Waals surface area (Å²) in [7, 11) is 1.41. The highest BCUT2D eigenvalue weighted by Gasteiger charge is 2.42. The van der Waals surface area contributed by atoms with Gasteiger partial charge in [0, 0.05) is 24.5 Å². The molecule has 1 aliphatic rings. The monoisotopic (exact) mass is 295 g/mol. The zero-order chi connectivity index (χ0) is 15.8. The van der Waals surface area contributed by atoms with Gasteiger partial charge in [-0.05, 0) is 38.5 Å². The first-order valence-electron chi connectivity index (χ1n) is 7.05. The summed E-state index contributed by atoms with van der Waals surface area (Å²) in [4.78, 5) is 13.7. The molecule has 1 fully saturated rings. The molecule has 0 bridgehead atoms. The zero-order valence-corrected chi connectivity index (χ0v) is 12.9. The molecule has 1 heterocycles. The summed E-state index contributed by atoms with van der Waals surface area (Å²) in [5, 5.41) is 9.45. The second-order valence-corrected chi connectivity index (χ2v) is 6.52. The predicted molar refractivity (Wildman–Crippen MR) is 78.1 cm³/mol. The molecular weight excluding hydrogens is 273 g/mol. The van der Waals surface area contributed by atoms with Crippen molar-refractivity contribution in [2.24, 2.45) is 5.92 Å². The third kappa shape index (κ3) is 3.18. The van der Waals surface area contributed by atoms with Crippen molar-refractivity contribution in [2.75, 3.05) is 20.2 Å². The minimum absolute atomic E-state index is 0.104. The molecule has 1 aromatic rings. The van der Waals surface area contributed by atoms with Gasteiger partial charge in [0.05, 0.1) is 13.0 Å². The molecule has 0 saturated carbocycles. The van der Waals surface area contributed by atoms with Crippen LogP contribution in [0.15, 0.2) is 18.2 Å². The van der Waals surface area contributed by atoms with Gasteiger partial charge in [-0.3, -0.25) is 9.69 Å². The van der Waals surface area contributed by atoms with Crippen LogP contribution in [0.5, 0.6) is 5.75 Å². The second kappa shape index (κ2) is 5.64. The molecule has 4 nitrogen and oxygen atoms in total. The van der Waals surface area contributed by atoms with E-state index in [-0.39, 0.29) is 17.2 Å². The summed E-state index contributed by atoms with van der Waals surface area (Å²) in [5.41, 5.74) is 0.612. The van der Waals surface area contributed by atoms with Gasteiger partial charge >= 0.3 is 5.97 Å². The summed E-state index contributed by atoms with van der Waals surface area (Å²) in [6, 6.07) is 4.71. The van der Waals surface area contributed by atoms with Crippen molar-refractivity contribution in [1.29, 1.82) is 0 Å². The standard InChI is InChI=1S/C16H22FNO3/c1-16(2,3)18-8-11(12(9-18)15(19)20)10-5-6-14(21-4)13(17)7-10/h5-7,11-12H,8-9H2,1-4H3,(H,19,20)/t11-,12+/m1/s1. The first-order chi connectivity index (χ1) is 9.74. The van der Waals surface area contributed by atoms with Crippen LogP contribution in [-0.4, -0.2) is 41.7 Å². The minimum Gasteiger partial charge on any atom is -0.494 e. The fourth-order valence-corrected chi connectivity index (χ4v) is 2.85. The van der Waals surface area contributed by atoms with Crippen molar-refractivity contribution < 1.29 is 19.0 Å². The van der Waals surface area contributed by atoms with E-state index >= 15 is 0 Å². The van der Waals surface area contributed by atoms with Crippen LogP contribution in [0.4, 0.5) is 4.39 Å². The lowest BCUT2D eigenvalue weighted by Gasteiger charge is -2.31. The van der Waals surface area contributed by atoms with E-state index in [2.05, 4.69) is 25.7 Å².